The van der Waals surface area contributed by atoms with Crippen molar-refractivity contribution in [1.29, 1.82) is 0 Å². The third kappa shape index (κ3) is 3.59. The molecule has 1 saturated heterocycles. The molecule has 1 fully saturated rings. The van der Waals surface area contributed by atoms with Crippen molar-refractivity contribution in [1.82, 2.24) is 10.2 Å². The molecule has 0 amide bonds. The first kappa shape index (κ1) is 13.2. The van der Waals surface area contributed by atoms with Gasteiger partial charge in [-0.1, -0.05) is 29.3 Å². The van der Waals surface area contributed by atoms with Crippen LogP contribution in [0.5, 0.6) is 0 Å². The molecule has 0 atom stereocenters. The zero-order chi connectivity index (χ0) is 12.3. The van der Waals surface area contributed by atoms with Gasteiger partial charge in [-0.25, -0.2) is 0 Å². The van der Waals surface area contributed by atoms with Crippen LogP contribution in [0.2, 0.25) is 10.0 Å². The van der Waals surface area contributed by atoms with Gasteiger partial charge in [0.15, 0.2) is 0 Å². The molecule has 0 radical (unpaired) electrons. The summed E-state index contributed by atoms with van der Waals surface area (Å²) < 4.78 is 0. The number of hydrogen-bond acceptors (Lipinski definition) is 2. The molecular formula is C13H18Cl2N2. The van der Waals surface area contributed by atoms with Crippen LogP contribution in [0.4, 0.5) is 0 Å². The van der Waals surface area contributed by atoms with Crippen molar-refractivity contribution < 1.29 is 0 Å². The molecule has 0 aromatic heterocycles. The number of halogens is 2. The van der Waals surface area contributed by atoms with E-state index in [-0.39, 0.29) is 0 Å². The van der Waals surface area contributed by atoms with E-state index in [1.807, 2.05) is 25.2 Å². The summed E-state index contributed by atoms with van der Waals surface area (Å²) in [5.41, 5.74) is 1.17. The molecule has 94 valence electrons. The molecule has 0 bridgehead atoms. The van der Waals surface area contributed by atoms with Gasteiger partial charge in [-0.3, -0.25) is 4.90 Å². The minimum Gasteiger partial charge on any atom is -0.317 e. The summed E-state index contributed by atoms with van der Waals surface area (Å²) >= 11 is 12.1. The average Bonchev–Trinajstić information content (AvgIpc) is 2.34. The van der Waals surface area contributed by atoms with Gasteiger partial charge in [0.1, 0.15) is 0 Å². The van der Waals surface area contributed by atoms with E-state index in [0.29, 0.717) is 11.1 Å². The molecule has 1 aromatic rings. The van der Waals surface area contributed by atoms with E-state index < -0.39 is 0 Å². The van der Waals surface area contributed by atoms with Gasteiger partial charge in [0.2, 0.25) is 0 Å². The van der Waals surface area contributed by atoms with Crippen molar-refractivity contribution in [2.45, 2.75) is 25.4 Å². The van der Waals surface area contributed by atoms with Gasteiger partial charge in [-0.15, -0.1) is 0 Å². The van der Waals surface area contributed by atoms with Crippen LogP contribution in [0.1, 0.15) is 18.4 Å². The molecule has 1 aliphatic heterocycles. The maximum Gasteiger partial charge on any atom is 0.0465 e. The van der Waals surface area contributed by atoms with Crippen LogP contribution in [0.3, 0.4) is 0 Å². The fourth-order valence-electron chi connectivity index (χ4n) is 2.27. The lowest BCUT2D eigenvalue weighted by molar-refractivity contribution is 0.194. The Labute approximate surface area is 113 Å². The molecule has 0 unspecified atom stereocenters. The fourth-order valence-corrected chi connectivity index (χ4v) is 2.74. The highest BCUT2D eigenvalue weighted by molar-refractivity contribution is 6.35. The van der Waals surface area contributed by atoms with Crippen LogP contribution in [-0.2, 0) is 6.54 Å². The Kier molecular flexibility index (Phi) is 4.69. The lowest BCUT2D eigenvalue weighted by Crippen LogP contribution is -2.40. The molecule has 2 nitrogen and oxygen atoms in total. The van der Waals surface area contributed by atoms with Crippen molar-refractivity contribution in [2.75, 3.05) is 20.1 Å². The van der Waals surface area contributed by atoms with E-state index >= 15 is 0 Å². The third-order valence-corrected chi connectivity index (χ3v) is 3.99. The van der Waals surface area contributed by atoms with Crippen LogP contribution >= 0.6 is 23.2 Å². The average molecular weight is 273 g/mol. The van der Waals surface area contributed by atoms with Gasteiger partial charge >= 0.3 is 0 Å². The van der Waals surface area contributed by atoms with Crippen LogP contribution in [0, 0.1) is 0 Å². The molecule has 1 N–H and O–H groups in total. The van der Waals surface area contributed by atoms with Crippen molar-refractivity contribution in [3.05, 3.63) is 33.8 Å². The molecule has 1 aliphatic rings. The van der Waals surface area contributed by atoms with E-state index in [1.165, 1.54) is 18.4 Å². The first-order chi connectivity index (χ1) is 8.19. The highest BCUT2D eigenvalue weighted by Crippen LogP contribution is 2.23. The van der Waals surface area contributed by atoms with Gasteiger partial charge in [0, 0.05) is 22.6 Å². The molecule has 17 heavy (non-hydrogen) atoms. The van der Waals surface area contributed by atoms with E-state index in [4.69, 9.17) is 23.2 Å². The van der Waals surface area contributed by atoms with Crippen molar-refractivity contribution in [3.8, 4) is 0 Å². The summed E-state index contributed by atoms with van der Waals surface area (Å²) in [6, 6.07) is 6.42. The second-order valence-corrected chi connectivity index (χ2v) is 5.42. The Morgan fingerprint density at radius 3 is 2.59 bits per heavy atom. The van der Waals surface area contributed by atoms with Crippen molar-refractivity contribution in [3.63, 3.8) is 0 Å². The summed E-state index contributed by atoms with van der Waals surface area (Å²) in [6.07, 6.45) is 2.42. The zero-order valence-electron chi connectivity index (χ0n) is 10.0. The maximum atomic E-state index is 6.18. The first-order valence-corrected chi connectivity index (χ1v) is 6.78. The van der Waals surface area contributed by atoms with Crippen molar-refractivity contribution >= 4 is 23.2 Å². The predicted octanol–water partition coefficient (Wildman–Crippen LogP) is 3.18. The fraction of sp³-hybridized carbons (Fsp3) is 0.538. The lowest BCUT2D eigenvalue weighted by atomic mass is 10.0. The van der Waals surface area contributed by atoms with Crippen LogP contribution < -0.4 is 5.32 Å². The summed E-state index contributed by atoms with van der Waals surface area (Å²) in [6.45, 7) is 3.18. The Bertz CT molecular complexity index is 374. The standard InChI is InChI=1S/C13H18Cl2N2/c1-16-12-4-6-17(7-5-12)9-10-2-3-11(14)8-13(10)15/h2-3,8,12,16H,4-7,9H2,1H3. The molecule has 4 heteroatoms. The molecular weight excluding hydrogens is 255 g/mol. The molecule has 1 heterocycles. The first-order valence-electron chi connectivity index (χ1n) is 6.02. The number of likely N-dealkylation sites (tertiary alicyclic amines) is 1. The van der Waals surface area contributed by atoms with Crippen LogP contribution in [0.15, 0.2) is 18.2 Å². The summed E-state index contributed by atoms with van der Waals surface area (Å²) in [4.78, 5) is 2.45. The van der Waals surface area contributed by atoms with E-state index in [1.54, 1.807) is 0 Å². The SMILES string of the molecule is CNC1CCN(Cc2ccc(Cl)cc2Cl)CC1. The van der Waals surface area contributed by atoms with Gasteiger partial charge in [0.05, 0.1) is 0 Å². The monoisotopic (exact) mass is 272 g/mol. The number of nitrogens with one attached hydrogen (secondary N) is 1. The number of benzene rings is 1. The number of piperidine rings is 1. The van der Waals surface area contributed by atoms with Crippen LogP contribution in [0.25, 0.3) is 0 Å². The van der Waals surface area contributed by atoms with E-state index in [0.717, 1.165) is 24.7 Å². The summed E-state index contributed by atoms with van der Waals surface area (Å²) in [7, 11) is 2.04. The van der Waals surface area contributed by atoms with Gasteiger partial charge in [-0.05, 0) is 50.7 Å². The van der Waals surface area contributed by atoms with Gasteiger partial charge in [-0.2, -0.15) is 0 Å². The molecule has 0 aliphatic carbocycles. The maximum absolute atomic E-state index is 6.18. The second kappa shape index (κ2) is 6.05. The predicted molar refractivity (Wildman–Crippen MR) is 73.8 cm³/mol. The topological polar surface area (TPSA) is 15.3 Å². The summed E-state index contributed by atoms with van der Waals surface area (Å²) in [5.74, 6) is 0. The Morgan fingerprint density at radius 2 is 2.00 bits per heavy atom. The highest BCUT2D eigenvalue weighted by atomic mass is 35.5. The molecule has 0 spiro atoms. The van der Waals surface area contributed by atoms with Gasteiger partial charge < -0.3 is 5.32 Å². The smallest absolute Gasteiger partial charge is 0.0465 e. The Morgan fingerprint density at radius 1 is 1.29 bits per heavy atom. The Hall–Kier alpha value is -0.280. The van der Waals surface area contributed by atoms with Crippen molar-refractivity contribution in [2.24, 2.45) is 0 Å². The largest absolute Gasteiger partial charge is 0.317 e. The number of rotatable bonds is 3. The lowest BCUT2D eigenvalue weighted by Gasteiger charge is -2.31. The Balaban J connectivity index is 1.93. The molecule has 0 saturated carbocycles. The minimum atomic E-state index is 0.673. The normalized spacial score (nSPS) is 18.5. The quantitative estimate of drug-likeness (QED) is 0.910. The van der Waals surface area contributed by atoms with Gasteiger partial charge in [0.25, 0.3) is 0 Å². The highest BCUT2D eigenvalue weighted by Gasteiger charge is 2.18. The van der Waals surface area contributed by atoms with Crippen LogP contribution in [-0.4, -0.2) is 31.1 Å². The van der Waals surface area contributed by atoms with E-state index in [9.17, 15) is 0 Å². The molecule has 2 rings (SSSR count). The second-order valence-electron chi connectivity index (χ2n) is 4.57. The minimum absolute atomic E-state index is 0.673. The van der Waals surface area contributed by atoms with E-state index in [2.05, 4.69) is 10.2 Å². The third-order valence-electron chi connectivity index (χ3n) is 3.40. The molecule has 1 aromatic carbocycles. The number of nitrogens with zero attached hydrogens (tertiary/aromatic N) is 1. The number of hydrogen-bond donors (Lipinski definition) is 1. The summed E-state index contributed by atoms with van der Waals surface area (Å²) in [5, 5.41) is 4.81. The zero-order valence-corrected chi connectivity index (χ0v) is 11.6.